The maximum Gasteiger partial charge on any atom is 0.417 e. The number of ether oxygens (including phenoxy) is 2. The predicted octanol–water partition coefficient (Wildman–Crippen LogP) is 5.66. The highest BCUT2D eigenvalue weighted by Gasteiger charge is 2.40. The molecule has 1 aliphatic heterocycles. The quantitative estimate of drug-likeness (QED) is 0.361. The van der Waals surface area contributed by atoms with Crippen molar-refractivity contribution < 1.29 is 35.9 Å². The van der Waals surface area contributed by atoms with Gasteiger partial charge in [-0.15, -0.1) is 0 Å². The maximum atomic E-state index is 14.1. The van der Waals surface area contributed by atoms with E-state index in [0.717, 1.165) is 15.9 Å². The topological polar surface area (TPSA) is 114 Å². The van der Waals surface area contributed by atoms with Gasteiger partial charge in [0, 0.05) is 49.8 Å². The number of rotatable bonds is 7. The fraction of sp³-hybridized carbons (Fsp3) is 0.345. The minimum absolute atomic E-state index is 0.0167. The average Bonchev–Trinajstić information content (AvgIpc) is 2.95. The van der Waals surface area contributed by atoms with Crippen molar-refractivity contribution in [1.29, 1.82) is 0 Å². The molecule has 0 bridgehead atoms. The summed E-state index contributed by atoms with van der Waals surface area (Å²) in [6, 6.07) is 10.2. The van der Waals surface area contributed by atoms with E-state index < -0.39 is 38.4 Å². The maximum absolute atomic E-state index is 14.1. The Kier molecular flexibility index (Phi) is 9.30. The number of nitrogens with zero attached hydrogens (tertiary/aromatic N) is 4. The largest absolute Gasteiger partial charge is 0.497 e. The second-order valence-electron chi connectivity index (χ2n) is 10.7. The number of nitrogens with one attached hydrogen (secondary N) is 1. The molecule has 0 unspecified atom stereocenters. The number of carbonyl (C=O) groups excluding carboxylic acids is 1. The van der Waals surface area contributed by atoms with Crippen molar-refractivity contribution in [3.8, 4) is 5.75 Å². The van der Waals surface area contributed by atoms with E-state index >= 15 is 0 Å². The number of alkyl halides is 3. The first-order chi connectivity index (χ1) is 20.2. The van der Waals surface area contributed by atoms with E-state index in [1.54, 1.807) is 34.0 Å². The third-order valence-corrected chi connectivity index (χ3v) is 8.24. The minimum atomic E-state index is -4.96. The van der Waals surface area contributed by atoms with Crippen LogP contribution in [-0.2, 0) is 20.9 Å². The van der Waals surface area contributed by atoms with Crippen molar-refractivity contribution in [3.05, 3.63) is 71.5 Å². The van der Waals surface area contributed by atoms with Crippen LogP contribution in [0.25, 0.3) is 12.2 Å². The summed E-state index contributed by atoms with van der Waals surface area (Å²) in [6.07, 6.45) is 1.01. The molecule has 0 atom stereocenters. The molecule has 10 nitrogen and oxygen atoms in total. The number of carbonyl (C=O) groups is 1. The molecule has 43 heavy (non-hydrogen) atoms. The van der Waals surface area contributed by atoms with Gasteiger partial charge in [-0.05, 0) is 56.7 Å². The Morgan fingerprint density at radius 3 is 2.21 bits per heavy atom. The van der Waals surface area contributed by atoms with Crippen molar-refractivity contribution in [3.63, 3.8) is 0 Å². The number of hydrogen-bond donors (Lipinski definition) is 1. The van der Waals surface area contributed by atoms with Crippen molar-refractivity contribution >= 4 is 39.9 Å². The van der Waals surface area contributed by atoms with E-state index in [9.17, 15) is 26.4 Å². The monoisotopic (exact) mass is 619 g/mol. The summed E-state index contributed by atoms with van der Waals surface area (Å²) >= 11 is 0. The molecule has 3 aromatic rings. The van der Waals surface area contributed by atoms with Crippen LogP contribution >= 0.6 is 0 Å². The molecule has 1 saturated heterocycles. The normalized spacial score (nSPS) is 15.0. The Morgan fingerprint density at radius 1 is 0.953 bits per heavy atom. The smallest absolute Gasteiger partial charge is 0.417 e. The lowest BCUT2D eigenvalue weighted by Crippen LogP contribution is -2.51. The Bertz CT molecular complexity index is 1580. The number of aromatic nitrogens is 2. The lowest BCUT2D eigenvalue weighted by atomic mass is 10.2. The van der Waals surface area contributed by atoms with E-state index in [2.05, 4.69) is 15.3 Å². The molecule has 2 heterocycles. The van der Waals surface area contributed by atoms with Crippen LogP contribution in [0.5, 0.6) is 5.75 Å². The summed E-state index contributed by atoms with van der Waals surface area (Å²) in [5.41, 5.74) is -0.566. The first-order valence-corrected chi connectivity index (χ1v) is 14.7. The fourth-order valence-corrected chi connectivity index (χ4v) is 5.80. The molecule has 2 aromatic carbocycles. The van der Waals surface area contributed by atoms with Gasteiger partial charge in [0.25, 0.3) is 0 Å². The number of halogens is 3. The predicted molar refractivity (Wildman–Crippen MR) is 155 cm³/mol. The van der Waals surface area contributed by atoms with Gasteiger partial charge in [-0.2, -0.15) is 17.5 Å². The molecular weight excluding hydrogens is 587 g/mol. The lowest BCUT2D eigenvalue weighted by Gasteiger charge is -2.35. The number of hydrogen-bond acceptors (Lipinski definition) is 8. The van der Waals surface area contributed by atoms with Crippen LogP contribution < -0.4 is 10.1 Å². The molecule has 1 aromatic heterocycles. The molecule has 14 heteroatoms. The first kappa shape index (κ1) is 31.8. The van der Waals surface area contributed by atoms with Gasteiger partial charge in [0.05, 0.1) is 17.6 Å². The number of methoxy groups -OCH3 is 1. The van der Waals surface area contributed by atoms with Gasteiger partial charge in [0.1, 0.15) is 11.4 Å². The van der Waals surface area contributed by atoms with E-state index in [-0.39, 0.29) is 37.8 Å². The SMILES string of the molecule is COc1cccc(/C=C/c2cnc(Nc3ccc(S(=O)(=O)N4CCN(C(=O)OC(C)(C)C)CC4)c(C(F)(F)F)c3)nc2)c1. The number of piperazine rings is 1. The lowest BCUT2D eigenvalue weighted by molar-refractivity contribution is -0.139. The second kappa shape index (κ2) is 12.6. The van der Waals surface area contributed by atoms with Gasteiger partial charge in [0.2, 0.25) is 16.0 Å². The number of anilines is 2. The summed E-state index contributed by atoms with van der Waals surface area (Å²) in [4.78, 5) is 21.1. The Morgan fingerprint density at radius 2 is 1.60 bits per heavy atom. The average molecular weight is 620 g/mol. The van der Waals surface area contributed by atoms with Crippen LogP contribution in [-0.4, -0.2) is 72.6 Å². The van der Waals surface area contributed by atoms with Gasteiger partial charge in [-0.1, -0.05) is 24.3 Å². The van der Waals surface area contributed by atoms with Crippen molar-refractivity contribution in [1.82, 2.24) is 19.2 Å². The van der Waals surface area contributed by atoms with Crippen molar-refractivity contribution in [2.45, 2.75) is 37.4 Å². The van der Waals surface area contributed by atoms with Crippen LogP contribution in [0.3, 0.4) is 0 Å². The molecule has 4 rings (SSSR count). The summed E-state index contributed by atoms with van der Waals surface area (Å²) < 4.78 is 80.3. The molecule has 0 radical (unpaired) electrons. The van der Waals surface area contributed by atoms with Crippen LogP contribution in [0.1, 0.15) is 37.5 Å². The third-order valence-electron chi connectivity index (χ3n) is 6.28. The Labute approximate surface area is 248 Å². The van der Waals surface area contributed by atoms with Gasteiger partial charge in [-0.3, -0.25) is 0 Å². The fourth-order valence-electron chi connectivity index (χ4n) is 4.19. The first-order valence-electron chi connectivity index (χ1n) is 13.3. The molecule has 0 spiro atoms. The van der Waals surface area contributed by atoms with Crippen LogP contribution in [0, 0.1) is 0 Å². The van der Waals surface area contributed by atoms with Crippen LogP contribution in [0.15, 0.2) is 59.8 Å². The zero-order chi connectivity index (χ0) is 31.4. The summed E-state index contributed by atoms with van der Waals surface area (Å²) in [7, 11) is -2.96. The highest BCUT2D eigenvalue weighted by atomic mass is 32.2. The van der Waals surface area contributed by atoms with Crippen molar-refractivity contribution in [2.75, 3.05) is 38.6 Å². The summed E-state index contributed by atoms with van der Waals surface area (Å²) in [5.74, 6) is 0.733. The number of amides is 1. The zero-order valence-electron chi connectivity index (χ0n) is 24.1. The number of benzene rings is 2. The molecular formula is C29H32F3N5O5S. The van der Waals surface area contributed by atoms with Gasteiger partial charge < -0.3 is 19.7 Å². The highest BCUT2D eigenvalue weighted by Crippen LogP contribution is 2.37. The van der Waals surface area contributed by atoms with Gasteiger partial charge >= 0.3 is 12.3 Å². The molecule has 0 aliphatic carbocycles. The minimum Gasteiger partial charge on any atom is -0.497 e. The zero-order valence-corrected chi connectivity index (χ0v) is 24.9. The summed E-state index contributed by atoms with van der Waals surface area (Å²) in [5, 5.41) is 2.70. The Hall–Kier alpha value is -4.17. The van der Waals surface area contributed by atoms with Gasteiger partial charge in [0.15, 0.2) is 0 Å². The highest BCUT2D eigenvalue weighted by molar-refractivity contribution is 7.89. The molecule has 230 valence electrons. The van der Waals surface area contributed by atoms with Gasteiger partial charge in [-0.25, -0.2) is 23.2 Å². The second-order valence-corrected chi connectivity index (χ2v) is 12.6. The summed E-state index contributed by atoms with van der Waals surface area (Å²) in [6.45, 7) is 4.72. The van der Waals surface area contributed by atoms with E-state index in [1.807, 2.05) is 30.3 Å². The standard InChI is InChI=1S/C29H32F3N5O5S/c1-28(2,3)42-27(38)36-12-14-37(15-13-36)43(39,40)25-11-10-22(17-24(25)29(30,31)32)35-26-33-18-21(19-34-26)9-8-20-6-5-7-23(16-20)41-4/h5-11,16-19H,12-15H2,1-4H3,(H,33,34,35)/b9-8+. The van der Waals surface area contributed by atoms with Crippen LogP contribution in [0.4, 0.5) is 29.6 Å². The Balaban J connectivity index is 1.48. The molecule has 1 fully saturated rings. The van der Waals surface area contributed by atoms with E-state index in [0.29, 0.717) is 17.4 Å². The molecule has 1 amide bonds. The van der Waals surface area contributed by atoms with Crippen LogP contribution in [0.2, 0.25) is 0 Å². The van der Waals surface area contributed by atoms with E-state index in [4.69, 9.17) is 9.47 Å². The van der Waals surface area contributed by atoms with Crippen molar-refractivity contribution in [2.24, 2.45) is 0 Å². The molecule has 1 N–H and O–H groups in total. The molecule has 1 aliphatic rings. The molecule has 0 saturated carbocycles. The third kappa shape index (κ3) is 8.23. The van der Waals surface area contributed by atoms with E-state index in [1.165, 1.54) is 23.4 Å². The number of sulfonamides is 1.